The molecule has 0 spiro atoms. The summed E-state index contributed by atoms with van der Waals surface area (Å²) in [4.78, 5) is 9.51. The number of hydrogen-bond donors (Lipinski definition) is 0. The van der Waals surface area contributed by atoms with Crippen LogP contribution in [0.25, 0.3) is 67.3 Å². The van der Waals surface area contributed by atoms with E-state index in [0.29, 0.717) is 23.1 Å². The Kier molecular flexibility index (Phi) is 9.26. The molecule has 0 radical (unpaired) electrons. The number of ether oxygens (including phenoxy) is 1. The average Bonchev–Trinajstić information content (AvgIpc) is 3.79. The molecule has 4 aromatic heterocycles. The summed E-state index contributed by atoms with van der Waals surface area (Å²) in [6.07, 6.45) is 3.66. The molecule has 0 aliphatic heterocycles. The number of rotatable bonds is 7. The van der Waals surface area contributed by atoms with Crippen LogP contribution in [-0.2, 0) is 26.5 Å². The largest absolute Gasteiger partial charge is 2.00 e. The van der Waals surface area contributed by atoms with Crippen molar-refractivity contribution in [1.29, 1.82) is 0 Å². The minimum absolute atomic E-state index is 0. The van der Waals surface area contributed by atoms with Crippen LogP contribution in [0.1, 0.15) is 26.3 Å². The van der Waals surface area contributed by atoms with E-state index in [4.69, 9.17) is 19.9 Å². The van der Waals surface area contributed by atoms with E-state index in [1.54, 1.807) is 6.20 Å². The SMILES string of the molecule is CC(C)(C)c1ccnc(-n2c3[c-]c(Oc4[c-]c(-c5ccccn5)cc(-n5c(-c6ccccc6)nnc5-c5ccccc5)c4)ccc3c3ccccc32)c1.[Pt+2]. The van der Waals surface area contributed by atoms with Crippen molar-refractivity contribution in [2.24, 2.45) is 0 Å². The maximum atomic E-state index is 6.72. The number of hydrogen-bond acceptors (Lipinski definition) is 5. The molecule has 0 bridgehead atoms. The topological polar surface area (TPSA) is 70.7 Å². The summed E-state index contributed by atoms with van der Waals surface area (Å²) in [6, 6.07) is 53.8. The molecule has 0 unspecified atom stereocenters. The van der Waals surface area contributed by atoms with Gasteiger partial charge in [0.2, 0.25) is 0 Å². The van der Waals surface area contributed by atoms with Gasteiger partial charge in [0, 0.05) is 40.5 Å². The third-order valence-corrected chi connectivity index (χ3v) is 9.37. The molecule has 0 aliphatic rings. The number of fused-ring (bicyclic) bond motifs is 3. The van der Waals surface area contributed by atoms with Gasteiger partial charge in [-0.1, -0.05) is 129 Å². The molecule has 0 atom stereocenters. The van der Waals surface area contributed by atoms with Crippen LogP contribution in [-0.4, -0.2) is 29.3 Å². The van der Waals surface area contributed by atoms with Gasteiger partial charge in [0.25, 0.3) is 0 Å². The molecule has 0 amide bonds. The van der Waals surface area contributed by atoms with Crippen molar-refractivity contribution in [2.45, 2.75) is 26.2 Å². The van der Waals surface area contributed by atoms with Crippen LogP contribution >= 0.6 is 0 Å². The van der Waals surface area contributed by atoms with E-state index < -0.39 is 0 Å². The van der Waals surface area contributed by atoms with Crippen molar-refractivity contribution < 1.29 is 25.8 Å². The predicted octanol–water partition coefficient (Wildman–Crippen LogP) is 10.8. The maximum Gasteiger partial charge on any atom is 2.00 e. The Hall–Kier alpha value is -6.17. The zero-order chi connectivity index (χ0) is 35.9. The molecule has 0 saturated carbocycles. The van der Waals surface area contributed by atoms with Crippen molar-refractivity contribution in [2.75, 3.05) is 0 Å². The van der Waals surface area contributed by atoms with Gasteiger partial charge in [-0.05, 0) is 52.0 Å². The first kappa shape index (κ1) is 34.9. The first-order valence-corrected chi connectivity index (χ1v) is 17.6. The molecule has 0 saturated heterocycles. The molecule has 4 heterocycles. The zero-order valence-corrected chi connectivity index (χ0v) is 32.1. The monoisotopic (exact) mass is 881 g/mol. The first-order chi connectivity index (χ1) is 25.9. The van der Waals surface area contributed by atoms with Crippen LogP contribution in [0.15, 0.2) is 152 Å². The first-order valence-electron chi connectivity index (χ1n) is 17.6. The number of aromatic nitrogens is 6. The fourth-order valence-electron chi connectivity index (χ4n) is 6.75. The molecule has 0 aliphatic carbocycles. The normalized spacial score (nSPS) is 11.5. The van der Waals surface area contributed by atoms with Gasteiger partial charge in [0.15, 0.2) is 11.6 Å². The van der Waals surface area contributed by atoms with Crippen LogP contribution in [0, 0.1) is 12.1 Å². The van der Waals surface area contributed by atoms with Gasteiger partial charge in [0.05, 0.1) is 0 Å². The van der Waals surface area contributed by atoms with E-state index in [-0.39, 0.29) is 26.5 Å². The van der Waals surface area contributed by atoms with Crippen LogP contribution < -0.4 is 4.74 Å². The molecule has 54 heavy (non-hydrogen) atoms. The van der Waals surface area contributed by atoms with Crippen LogP contribution in [0.3, 0.4) is 0 Å². The van der Waals surface area contributed by atoms with E-state index in [1.165, 1.54) is 5.56 Å². The van der Waals surface area contributed by atoms with Gasteiger partial charge in [0.1, 0.15) is 5.82 Å². The van der Waals surface area contributed by atoms with Gasteiger partial charge in [-0.25, -0.2) is 4.98 Å². The minimum Gasteiger partial charge on any atom is -0.503 e. The molecule has 9 rings (SSSR count). The van der Waals surface area contributed by atoms with Crippen molar-refractivity contribution in [3.63, 3.8) is 0 Å². The van der Waals surface area contributed by atoms with Crippen molar-refractivity contribution >= 4 is 21.8 Å². The summed E-state index contributed by atoms with van der Waals surface area (Å²) in [5.41, 5.74) is 7.30. The van der Waals surface area contributed by atoms with Gasteiger partial charge in [-0.2, -0.15) is 6.07 Å². The molecular weight excluding hydrogens is 848 g/mol. The van der Waals surface area contributed by atoms with E-state index in [9.17, 15) is 0 Å². The smallest absolute Gasteiger partial charge is 0.503 e. The maximum absolute atomic E-state index is 6.72. The predicted molar refractivity (Wildman–Crippen MR) is 210 cm³/mol. The van der Waals surface area contributed by atoms with Gasteiger partial charge in [-0.15, -0.1) is 39.3 Å². The second kappa shape index (κ2) is 14.3. The summed E-state index contributed by atoms with van der Waals surface area (Å²) < 4.78 is 11.0. The second-order valence-corrected chi connectivity index (χ2v) is 13.9. The Balaban J connectivity index is 0.00000413. The van der Waals surface area contributed by atoms with Crippen LogP contribution in [0.5, 0.6) is 11.5 Å². The Morgan fingerprint density at radius 3 is 1.94 bits per heavy atom. The van der Waals surface area contributed by atoms with Crippen LogP contribution in [0.4, 0.5) is 0 Å². The van der Waals surface area contributed by atoms with Gasteiger partial charge in [-0.3, -0.25) is 4.57 Å². The summed E-state index contributed by atoms with van der Waals surface area (Å²) in [7, 11) is 0. The summed E-state index contributed by atoms with van der Waals surface area (Å²) in [6.45, 7) is 6.64. The van der Waals surface area contributed by atoms with Crippen molar-refractivity contribution in [3.8, 4) is 57.0 Å². The summed E-state index contributed by atoms with van der Waals surface area (Å²) >= 11 is 0. The molecule has 0 fully saturated rings. The quantitative estimate of drug-likeness (QED) is 0.149. The molecular formula is C46H34N6OPt. The van der Waals surface area contributed by atoms with Gasteiger partial charge < -0.3 is 14.3 Å². The molecule has 264 valence electrons. The molecule has 0 N–H and O–H groups in total. The number of pyridine rings is 2. The van der Waals surface area contributed by atoms with E-state index >= 15 is 0 Å². The van der Waals surface area contributed by atoms with Gasteiger partial charge >= 0.3 is 21.1 Å². The summed E-state index contributed by atoms with van der Waals surface area (Å²) in [5.74, 6) is 3.29. The number of nitrogens with zero attached hydrogens (tertiary/aromatic N) is 6. The number of benzene rings is 5. The molecule has 9 aromatic rings. The minimum atomic E-state index is -0.0356. The fraction of sp³-hybridized carbons (Fsp3) is 0.0870. The zero-order valence-electron chi connectivity index (χ0n) is 29.8. The number of para-hydroxylation sites is 1. The fourth-order valence-corrected chi connectivity index (χ4v) is 6.75. The molecule has 7 nitrogen and oxygen atoms in total. The standard InChI is InChI=1S/C46H34N6O.Pt/c1-46(2,3)34-23-25-48-43(28-34)52-41-20-11-10-18-38(41)39-22-21-36(30-42(39)52)53-37-27-33(40-19-12-13-24-47-40)26-35(29-37)51-44(31-14-6-4-7-15-31)49-50-45(51)32-16-8-5-9-17-32;/h4-26,28-29H,1-3H3;/q-2;+2. The average molecular weight is 882 g/mol. The molecule has 8 heteroatoms. The van der Waals surface area contributed by atoms with E-state index in [2.05, 4.69) is 95.6 Å². The summed E-state index contributed by atoms with van der Waals surface area (Å²) in [5, 5.41) is 11.6. The molecule has 5 aromatic carbocycles. The third-order valence-electron chi connectivity index (χ3n) is 9.37. The Morgan fingerprint density at radius 1 is 0.574 bits per heavy atom. The van der Waals surface area contributed by atoms with E-state index in [0.717, 1.165) is 55.7 Å². The van der Waals surface area contributed by atoms with E-state index in [1.807, 2.05) is 97.2 Å². The van der Waals surface area contributed by atoms with Crippen molar-refractivity contribution in [3.05, 3.63) is 170 Å². The van der Waals surface area contributed by atoms with Crippen LogP contribution in [0.2, 0.25) is 0 Å². The third kappa shape index (κ3) is 6.52. The Morgan fingerprint density at radius 2 is 1.26 bits per heavy atom. The Bertz CT molecular complexity index is 2680. The van der Waals surface area contributed by atoms with Crippen molar-refractivity contribution in [1.82, 2.24) is 29.3 Å². The second-order valence-electron chi connectivity index (χ2n) is 13.9. The Labute approximate surface area is 328 Å².